The van der Waals surface area contributed by atoms with E-state index in [1.165, 1.54) is 0 Å². The summed E-state index contributed by atoms with van der Waals surface area (Å²) in [6.07, 6.45) is -0.899. The number of halogens is 4. The van der Waals surface area contributed by atoms with E-state index in [4.69, 9.17) is 0 Å². The predicted octanol–water partition coefficient (Wildman–Crippen LogP) is 3.53. The fourth-order valence-corrected chi connectivity index (χ4v) is 1.74. The summed E-state index contributed by atoms with van der Waals surface area (Å²) in [5, 5.41) is 0. The number of carbonyl (C=O) groups excluding carboxylic acids is 2. The van der Waals surface area contributed by atoms with E-state index in [1.807, 2.05) is 0 Å². The van der Waals surface area contributed by atoms with Crippen molar-refractivity contribution in [3.63, 3.8) is 0 Å². The molecule has 0 amide bonds. The Hall–Kier alpha value is -2.90. The molecule has 24 heavy (non-hydrogen) atoms. The number of carbonyl (C=O) groups is 2. The zero-order valence-electron chi connectivity index (χ0n) is 12.0. The van der Waals surface area contributed by atoms with Crippen molar-refractivity contribution in [3.8, 4) is 11.5 Å². The van der Waals surface area contributed by atoms with Gasteiger partial charge in [0.25, 0.3) is 0 Å². The Morgan fingerprint density at radius 3 is 1.21 bits per heavy atom. The number of ether oxygens (including phenoxy) is 2. The highest BCUT2D eigenvalue weighted by Gasteiger charge is 2.13. The van der Waals surface area contributed by atoms with Crippen LogP contribution in [0.25, 0.3) is 0 Å². The zero-order valence-corrected chi connectivity index (χ0v) is 12.0. The van der Waals surface area contributed by atoms with Crippen LogP contribution in [0.2, 0.25) is 0 Å². The monoisotopic (exact) mass is 342 g/mol. The number of rotatable bonds is 5. The smallest absolute Gasteiger partial charge is 0.311 e. The molecule has 0 radical (unpaired) electrons. The highest BCUT2D eigenvalue weighted by molar-refractivity contribution is 5.80. The summed E-state index contributed by atoms with van der Waals surface area (Å²) in [5.41, 5.74) is 0. The summed E-state index contributed by atoms with van der Waals surface area (Å²) in [4.78, 5) is 23.0. The van der Waals surface area contributed by atoms with Gasteiger partial charge in [0.15, 0.2) is 0 Å². The SMILES string of the molecule is O=C(CCC(=O)Oc1cc(F)cc(F)c1)Oc1cc(F)cc(F)c1. The molecule has 0 saturated carbocycles. The van der Waals surface area contributed by atoms with Gasteiger partial charge in [0.2, 0.25) is 0 Å². The highest BCUT2D eigenvalue weighted by atomic mass is 19.1. The van der Waals surface area contributed by atoms with Crippen molar-refractivity contribution in [1.82, 2.24) is 0 Å². The summed E-state index contributed by atoms with van der Waals surface area (Å²) in [5.74, 6) is -6.26. The van der Waals surface area contributed by atoms with Crippen LogP contribution in [-0.4, -0.2) is 11.9 Å². The molecule has 0 aliphatic carbocycles. The first-order valence-corrected chi connectivity index (χ1v) is 6.65. The minimum atomic E-state index is -0.928. The van der Waals surface area contributed by atoms with E-state index in [0.29, 0.717) is 12.1 Å². The molecule has 0 unspecified atom stereocenters. The highest BCUT2D eigenvalue weighted by Crippen LogP contribution is 2.18. The molecule has 0 saturated heterocycles. The molecule has 0 fully saturated rings. The molecule has 0 spiro atoms. The first-order chi connectivity index (χ1) is 11.3. The third-order valence-corrected chi connectivity index (χ3v) is 2.67. The molecule has 0 bridgehead atoms. The van der Waals surface area contributed by atoms with E-state index in [0.717, 1.165) is 24.3 Å². The maximum Gasteiger partial charge on any atom is 0.311 e. The van der Waals surface area contributed by atoms with Gasteiger partial charge in [-0.15, -0.1) is 0 Å². The van der Waals surface area contributed by atoms with Crippen LogP contribution < -0.4 is 9.47 Å². The van der Waals surface area contributed by atoms with Crippen LogP contribution in [0.1, 0.15) is 12.8 Å². The van der Waals surface area contributed by atoms with Crippen molar-refractivity contribution in [1.29, 1.82) is 0 Å². The Labute approximate surface area is 133 Å². The van der Waals surface area contributed by atoms with Gasteiger partial charge in [-0.25, -0.2) is 17.6 Å². The molecule has 0 N–H and O–H groups in total. The molecule has 0 aliphatic rings. The molecule has 0 aromatic heterocycles. The Kier molecular flexibility index (Phi) is 5.51. The zero-order chi connectivity index (χ0) is 17.7. The summed E-state index contributed by atoms with van der Waals surface area (Å²) < 4.78 is 61.1. The predicted molar refractivity (Wildman–Crippen MR) is 73.2 cm³/mol. The maximum atomic E-state index is 12.9. The minimum absolute atomic E-state index is 0.349. The molecule has 2 rings (SSSR count). The second-order valence-electron chi connectivity index (χ2n) is 4.66. The molecule has 0 heterocycles. The summed E-state index contributed by atoms with van der Waals surface area (Å²) in [6, 6.07) is 4.41. The lowest BCUT2D eigenvalue weighted by Gasteiger charge is -2.06. The van der Waals surface area contributed by atoms with Crippen molar-refractivity contribution in [2.45, 2.75) is 12.8 Å². The lowest BCUT2D eigenvalue weighted by Crippen LogP contribution is -2.14. The fraction of sp³-hybridized carbons (Fsp3) is 0.125. The molecule has 0 aliphatic heterocycles. The number of hydrogen-bond acceptors (Lipinski definition) is 4. The molecular weight excluding hydrogens is 332 g/mol. The quantitative estimate of drug-likeness (QED) is 0.474. The van der Waals surface area contributed by atoms with Gasteiger partial charge in [0, 0.05) is 36.4 Å². The molecule has 2 aromatic rings. The van der Waals surface area contributed by atoms with E-state index >= 15 is 0 Å². The maximum absolute atomic E-state index is 12.9. The average molecular weight is 342 g/mol. The van der Waals surface area contributed by atoms with Gasteiger partial charge in [-0.05, 0) is 0 Å². The Bertz CT molecular complexity index is 671. The van der Waals surface area contributed by atoms with Crippen molar-refractivity contribution in [2.75, 3.05) is 0 Å². The normalized spacial score (nSPS) is 10.3. The Morgan fingerprint density at radius 2 is 0.917 bits per heavy atom. The number of hydrogen-bond donors (Lipinski definition) is 0. The van der Waals surface area contributed by atoms with E-state index in [1.54, 1.807) is 0 Å². The molecule has 126 valence electrons. The van der Waals surface area contributed by atoms with Crippen molar-refractivity contribution in [3.05, 3.63) is 59.7 Å². The van der Waals surface area contributed by atoms with Gasteiger partial charge >= 0.3 is 11.9 Å². The third kappa shape index (κ3) is 5.38. The van der Waals surface area contributed by atoms with E-state index in [9.17, 15) is 27.2 Å². The van der Waals surface area contributed by atoms with Gasteiger partial charge in [-0.2, -0.15) is 0 Å². The second-order valence-corrected chi connectivity index (χ2v) is 4.66. The van der Waals surface area contributed by atoms with Gasteiger partial charge in [0.1, 0.15) is 34.8 Å². The lowest BCUT2D eigenvalue weighted by molar-refractivity contribution is -0.140. The van der Waals surface area contributed by atoms with Crippen LogP contribution in [-0.2, 0) is 9.59 Å². The summed E-state index contributed by atoms with van der Waals surface area (Å²) >= 11 is 0. The van der Waals surface area contributed by atoms with Gasteiger partial charge in [0.05, 0.1) is 12.8 Å². The number of benzene rings is 2. The van der Waals surface area contributed by atoms with Crippen molar-refractivity contribution >= 4 is 11.9 Å². The molecular formula is C16H10F4O4. The first-order valence-electron chi connectivity index (χ1n) is 6.65. The van der Waals surface area contributed by atoms with Crippen molar-refractivity contribution in [2.24, 2.45) is 0 Å². The van der Waals surface area contributed by atoms with Crippen LogP contribution in [0, 0.1) is 23.3 Å². The van der Waals surface area contributed by atoms with E-state index in [-0.39, 0.29) is 11.5 Å². The number of esters is 2. The van der Waals surface area contributed by atoms with Crippen molar-refractivity contribution < 1.29 is 36.6 Å². The largest absolute Gasteiger partial charge is 0.426 e. The molecule has 4 nitrogen and oxygen atoms in total. The van der Waals surface area contributed by atoms with Crippen LogP contribution >= 0.6 is 0 Å². The summed E-state index contributed by atoms with van der Waals surface area (Å²) in [7, 11) is 0. The molecule has 8 heteroatoms. The fourth-order valence-electron chi connectivity index (χ4n) is 1.74. The van der Waals surface area contributed by atoms with Crippen LogP contribution in [0.3, 0.4) is 0 Å². The van der Waals surface area contributed by atoms with Gasteiger partial charge in [-0.1, -0.05) is 0 Å². The van der Waals surface area contributed by atoms with Gasteiger partial charge < -0.3 is 9.47 Å². The van der Waals surface area contributed by atoms with Crippen LogP contribution in [0.15, 0.2) is 36.4 Å². The molecule has 2 aromatic carbocycles. The Balaban J connectivity index is 1.85. The third-order valence-electron chi connectivity index (χ3n) is 2.67. The topological polar surface area (TPSA) is 52.6 Å². The molecule has 0 atom stereocenters. The first kappa shape index (κ1) is 17.5. The Morgan fingerprint density at radius 1 is 0.625 bits per heavy atom. The van der Waals surface area contributed by atoms with E-state index in [2.05, 4.69) is 9.47 Å². The van der Waals surface area contributed by atoms with Gasteiger partial charge in [-0.3, -0.25) is 9.59 Å². The summed E-state index contributed by atoms with van der Waals surface area (Å²) in [6.45, 7) is 0. The average Bonchev–Trinajstić information content (AvgIpc) is 2.42. The van der Waals surface area contributed by atoms with Crippen LogP contribution in [0.4, 0.5) is 17.6 Å². The van der Waals surface area contributed by atoms with Crippen LogP contribution in [0.5, 0.6) is 11.5 Å². The second kappa shape index (κ2) is 7.58. The standard InChI is InChI=1S/C16H10F4O4/c17-9-3-10(18)6-13(5-9)23-15(21)1-2-16(22)24-14-7-11(19)4-12(20)8-14/h3-8H,1-2H2. The minimum Gasteiger partial charge on any atom is -0.426 e. The van der Waals surface area contributed by atoms with E-state index < -0.39 is 48.0 Å². The lowest BCUT2D eigenvalue weighted by atomic mass is 10.3.